The summed E-state index contributed by atoms with van der Waals surface area (Å²) < 4.78 is 0.714. The summed E-state index contributed by atoms with van der Waals surface area (Å²) in [6, 6.07) is 1.81. The summed E-state index contributed by atoms with van der Waals surface area (Å²) in [4.78, 5) is 16.1. The molecule has 0 unspecified atom stereocenters. The first-order chi connectivity index (χ1) is 9.13. The molecule has 0 atom stereocenters. The molecule has 2 aromatic heterocycles. The quantitative estimate of drug-likeness (QED) is 0.576. The van der Waals surface area contributed by atoms with Gasteiger partial charge in [0, 0.05) is 24.6 Å². The number of rotatable bonds is 3. The SMILES string of the molecule is NC(=O)c1cnc(N)c2cc(C#CCCCO)sc12. The number of fused-ring (bicyclic) bond motifs is 1. The van der Waals surface area contributed by atoms with Crippen LogP contribution in [0.4, 0.5) is 5.82 Å². The molecule has 2 aromatic rings. The van der Waals surface area contributed by atoms with Gasteiger partial charge < -0.3 is 16.6 Å². The number of carbonyl (C=O) groups excluding carboxylic acids is 1. The van der Waals surface area contributed by atoms with Crippen molar-refractivity contribution in [2.24, 2.45) is 5.73 Å². The minimum Gasteiger partial charge on any atom is -0.396 e. The number of nitrogens with zero attached hydrogens (tertiary/aromatic N) is 1. The Bertz CT molecular complexity index is 682. The molecule has 1 amide bonds. The first-order valence-electron chi connectivity index (χ1n) is 5.71. The first-order valence-corrected chi connectivity index (χ1v) is 6.52. The van der Waals surface area contributed by atoms with Crippen molar-refractivity contribution >= 4 is 33.1 Å². The fraction of sp³-hybridized carbons (Fsp3) is 0.231. The first kappa shape index (κ1) is 13.3. The van der Waals surface area contributed by atoms with Crippen LogP contribution in [0.1, 0.15) is 28.1 Å². The van der Waals surface area contributed by atoms with Gasteiger partial charge in [0.05, 0.1) is 15.1 Å². The van der Waals surface area contributed by atoms with E-state index in [2.05, 4.69) is 16.8 Å². The number of aliphatic hydroxyl groups excluding tert-OH is 1. The third-order valence-corrected chi connectivity index (χ3v) is 3.61. The number of amides is 1. The second-order valence-electron chi connectivity index (χ2n) is 3.90. The maximum Gasteiger partial charge on any atom is 0.251 e. The Kier molecular flexibility index (Phi) is 4.00. The van der Waals surface area contributed by atoms with Crippen LogP contribution in [-0.4, -0.2) is 22.6 Å². The zero-order chi connectivity index (χ0) is 13.8. The molecular formula is C13H13N3O2S. The summed E-state index contributed by atoms with van der Waals surface area (Å²) in [5, 5.41) is 9.37. The van der Waals surface area contributed by atoms with Crippen LogP contribution in [0.5, 0.6) is 0 Å². The molecule has 0 aromatic carbocycles. The molecule has 19 heavy (non-hydrogen) atoms. The number of anilines is 1. The number of hydrogen-bond acceptors (Lipinski definition) is 5. The van der Waals surface area contributed by atoms with Crippen molar-refractivity contribution in [3.63, 3.8) is 0 Å². The Morgan fingerprint density at radius 1 is 1.53 bits per heavy atom. The highest BCUT2D eigenvalue weighted by atomic mass is 32.1. The summed E-state index contributed by atoms with van der Waals surface area (Å²) >= 11 is 1.37. The summed E-state index contributed by atoms with van der Waals surface area (Å²) in [5.41, 5.74) is 11.4. The van der Waals surface area contributed by atoms with Crippen LogP contribution < -0.4 is 11.5 Å². The third-order valence-electron chi connectivity index (χ3n) is 2.52. The van der Waals surface area contributed by atoms with Gasteiger partial charge in [-0.25, -0.2) is 4.98 Å². The molecule has 0 bridgehead atoms. The van der Waals surface area contributed by atoms with E-state index in [9.17, 15) is 4.79 Å². The molecule has 0 radical (unpaired) electrons. The lowest BCUT2D eigenvalue weighted by atomic mass is 10.2. The Morgan fingerprint density at radius 2 is 2.32 bits per heavy atom. The van der Waals surface area contributed by atoms with Crippen LogP contribution in [-0.2, 0) is 0 Å². The van der Waals surface area contributed by atoms with Crippen LogP contribution in [0.3, 0.4) is 0 Å². The van der Waals surface area contributed by atoms with Gasteiger partial charge in [0.25, 0.3) is 5.91 Å². The number of nitrogen functional groups attached to an aromatic ring is 1. The van der Waals surface area contributed by atoms with Crippen molar-refractivity contribution in [2.75, 3.05) is 12.3 Å². The lowest BCUT2D eigenvalue weighted by Crippen LogP contribution is -2.11. The summed E-state index contributed by atoms with van der Waals surface area (Å²) in [6.45, 7) is 0.129. The van der Waals surface area contributed by atoms with Gasteiger partial charge in [0.15, 0.2) is 0 Å². The van der Waals surface area contributed by atoms with Crippen molar-refractivity contribution in [3.05, 3.63) is 22.7 Å². The van der Waals surface area contributed by atoms with E-state index >= 15 is 0 Å². The Balaban J connectivity index is 2.43. The van der Waals surface area contributed by atoms with E-state index in [-0.39, 0.29) is 6.61 Å². The van der Waals surface area contributed by atoms with E-state index in [4.69, 9.17) is 16.6 Å². The Hall–Kier alpha value is -2.10. The van der Waals surface area contributed by atoms with Gasteiger partial charge >= 0.3 is 0 Å². The third kappa shape index (κ3) is 2.84. The van der Waals surface area contributed by atoms with Crippen molar-refractivity contribution in [1.29, 1.82) is 0 Å². The van der Waals surface area contributed by atoms with E-state index in [0.29, 0.717) is 34.3 Å². The normalized spacial score (nSPS) is 10.2. The van der Waals surface area contributed by atoms with Gasteiger partial charge in [0.2, 0.25) is 0 Å². The second kappa shape index (κ2) is 5.69. The number of carbonyl (C=O) groups is 1. The Morgan fingerprint density at radius 3 is 3.00 bits per heavy atom. The highest BCUT2D eigenvalue weighted by Crippen LogP contribution is 2.31. The fourth-order valence-electron chi connectivity index (χ4n) is 1.60. The number of pyridine rings is 1. The largest absolute Gasteiger partial charge is 0.396 e. The highest BCUT2D eigenvalue weighted by Gasteiger charge is 2.12. The summed E-state index contributed by atoms with van der Waals surface area (Å²) in [5.74, 6) is 5.77. The number of unbranched alkanes of at least 4 members (excludes halogenated alkanes) is 1. The molecule has 2 rings (SSSR count). The van der Waals surface area contributed by atoms with Crippen molar-refractivity contribution in [2.45, 2.75) is 12.8 Å². The van der Waals surface area contributed by atoms with E-state index in [1.807, 2.05) is 0 Å². The van der Waals surface area contributed by atoms with Gasteiger partial charge in [-0.3, -0.25) is 4.79 Å². The van der Waals surface area contributed by atoms with Crippen LogP contribution >= 0.6 is 11.3 Å². The zero-order valence-electron chi connectivity index (χ0n) is 10.1. The number of aromatic nitrogens is 1. The number of nitrogens with two attached hydrogens (primary N) is 2. The molecule has 0 saturated carbocycles. The molecule has 5 nitrogen and oxygen atoms in total. The Labute approximate surface area is 114 Å². The van der Waals surface area contributed by atoms with Crippen molar-refractivity contribution in [3.8, 4) is 11.8 Å². The topological polar surface area (TPSA) is 102 Å². The van der Waals surface area contributed by atoms with Crippen LogP contribution in [0.15, 0.2) is 12.3 Å². The van der Waals surface area contributed by atoms with Crippen molar-refractivity contribution < 1.29 is 9.90 Å². The number of primary amides is 1. The lowest BCUT2D eigenvalue weighted by Gasteiger charge is -1.98. The smallest absolute Gasteiger partial charge is 0.251 e. The van der Waals surface area contributed by atoms with Gasteiger partial charge in [-0.2, -0.15) is 0 Å². The molecule has 2 heterocycles. The summed E-state index contributed by atoms with van der Waals surface area (Å²) in [7, 11) is 0. The maximum atomic E-state index is 11.3. The van der Waals surface area contributed by atoms with E-state index in [1.54, 1.807) is 6.07 Å². The number of thiophene rings is 1. The molecule has 0 aliphatic carbocycles. The molecule has 0 aliphatic rings. The van der Waals surface area contributed by atoms with Gasteiger partial charge in [-0.05, 0) is 12.5 Å². The van der Waals surface area contributed by atoms with Gasteiger partial charge in [-0.1, -0.05) is 11.8 Å². The monoisotopic (exact) mass is 275 g/mol. The van der Waals surface area contributed by atoms with Crippen molar-refractivity contribution in [1.82, 2.24) is 4.98 Å². The molecule has 0 saturated heterocycles. The lowest BCUT2D eigenvalue weighted by molar-refractivity contribution is 0.100. The molecule has 98 valence electrons. The molecular weight excluding hydrogens is 262 g/mol. The van der Waals surface area contributed by atoms with Crippen LogP contribution in [0, 0.1) is 11.8 Å². The van der Waals surface area contributed by atoms with E-state index in [1.165, 1.54) is 17.5 Å². The molecule has 0 spiro atoms. The van der Waals surface area contributed by atoms with E-state index in [0.717, 1.165) is 4.88 Å². The molecule has 5 N–H and O–H groups in total. The van der Waals surface area contributed by atoms with Crippen LogP contribution in [0.25, 0.3) is 10.1 Å². The predicted octanol–water partition coefficient (Wildman–Crippen LogP) is 1.10. The highest BCUT2D eigenvalue weighted by molar-refractivity contribution is 7.20. The number of aliphatic hydroxyl groups is 1. The van der Waals surface area contributed by atoms with Gasteiger partial charge in [-0.15, -0.1) is 11.3 Å². The zero-order valence-corrected chi connectivity index (χ0v) is 11.0. The number of hydrogen-bond donors (Lipinski definition) is 3. The maximum absolute atomic E-state index is 11.3. The fourth-order valence-corrected chi connectivity index (χ4v) is 2.65. The average molecular weight is 275 g/mol. The molecule has 6 heteroatoms. The predicted molar refractivity (Wildman–Crippen MR) is 75.7 cm³/mol. The minimum atomic E-state index is -0.529. The minimum absolute atomic E-state index is 0.129. The van der Waals surface area contributed by atoms with E-state index < -0.39 is 5.91 Å². The molecule has 0 fully saturated rings. The molecule has 0 aliphatic heterocycles. The van der Waals surface area contributed by atoms with Crippen LogP contribution in [0.2, 0.25) is 0 Å². The van der Waals surface area contributed by atoms with Gasteiger partial charge in [0.1, 0.15) is 5.82 Å². The second-order valence-corrected chi connectivity index (χ2v) is 4.96. The standard InChI is InChI=1S/C13H13N3O2S/c14-12-9-6-8(4-2-1-3-5-17)19-11(9)10(7-16-12)13(15)18/h6-7,17H,1,3,5H2,(H2,14,16)(H2,15,18). The summed E-state index contributed by atoms with van der Waals surface area (Å²) in [6.07, 6.45) is 2.66. The average Bonchev–Trinajstić information content (AvgIpc) is 2.79.